The topological polar surface area (TPSA) is 25.2 Å². The molecule has 0 saturated heterocycles. The Kier molecular flexibility index (Phi) is 2.92. The minimum Gasteiger partial charge on any atom is -0.464 e. The summed E-state index contributed by atoms with van der Waals surface area (Å²) in [6.07, 6.45) is 0.924. The average Bonchev–Trinajstić information content (AvgIpc) is 2.71. The van der Waals surface area contributed by atoms with Crippen LogP contribution in [0.5, 0.6) is 0 Å². The van der Waals surface area contributed by atoms with Crippen LogP contribution in [0.25, 0.3) is 11.0 Å². The molecule has 0 atom stereocenters. The van der Waals surface area contributed by atoms with Crippen molar-refractivity contribution in [2.24, 2.45) is 0 Å². The van der Waals surface area contributed by atoms with Gasteiger partial charge in [0.1, 0.15) is 11.8 Å². The number of nitrogens with one attached hydrogen (secondary N) is 1. The normalized spacial score (nSPS) is 12.2. The molecule has 2 nitrogen and oxygen atoms in total. The van der Waals surface area contributed by atoms with Gasteiger partial charge >= 0.3 is 0 Å². The lowest BCUT2D eigenvalue weighted by atomic mass is 10.0. The lowest BCUT2D eigenvalue weighted by Gasteiger charge is -2.14. The van der Waals surface area contributed by atoms with E-state index < -0.39 is 5.92 Å². The van der Waals surface area contributed by atoms with Gasteiger partial charge in [0.05, 0.1) is 5.56 Å². The van der Waals surface area contributed by atoms with Gasteiger partial charge in [-0.2, -0.15) is 0 Å². The third-order valence-electron chi connectivity index (χ3n) is 2.56. The van der Waals surface area contributed by atoms with Crippen LogP contribution in [0.2, 0.25) is 0 Å². The first kappa shape index (κ1) is 11.1. The highest BCUT2D eigenvalue weighted by molar-refractivity contribution is 5.81. The third-order valence-corrected chi connectivity index (χ3v) is 2.56. The second-order valence-electron chi connectivity index (χ2n) is 3.70. The van der Waals surface area contributed by atoms with Crippen molar-refractivity contribution in [1.82, 2.24) is 5.32 Å². The molecule has 1 heterocycles. The van der Waals surface area contributed by atoms with Crippen molar-refractivity contribution in [3.8, 4) is 0 Å². The molecule has 1 aromatic heterocycles. The molecule has 0 unspecified atom stereocenters. The largest absolute Gasteiger partial charge is 0.464 e. The summed E-state index contributed by atoms with van der Waals surface area (Å²) in [6.45, 7) is 0.270. The number of hydrogen-bond donors (Lipinski definition) is 1. The minimum atomic E-state index is -2.85. The van der Waals surface area contributed by atoms with Crippen LogP contribution in [0, 0.1) is 0 Å². The van der Waals surface area contributed by atoms with Crippen molar-refractivity contribution >= 4 is 11.0 Å². The van der Waals surface area contributed by atoms with Crippen molar-refractivity contribution < 1.29 is 13.2 Å². The lowest BCUT2D eigenvalue weighted by Crippen LogP contribution is -2.20. The minimum absolute atomic E-state index is 0.0293. The van der Waals surface area contributed by atoms with E-state index in [2.05, 4.69) is 5.32 Å². The standard InChI is InChI=1S/C12H13F2NO/c1-15-7-6-12(13,14)10-8-16-11-5-3-2-4-9(10)11/h2-5,8,15H,6-7H2,1H3. The van der Waals surface area contributed by atoms with Crippen molar-refractivity contribution in [1.29, 1.82) is 0 Å². The number of hydrogen-bond acceptors (Lipinski definition) is 2. The van der Waals surface area contributed by atoms with E-state index in [9.17, 15) is 8.78 Å². The molecular formula is C12H13F2NO. The predicted molar refractivity (Wildman–Crippen MR) is 58.7 cm³/mol. The zero-order valence-electron chi connectivity index (χ0n) is 8.97. The van der Waals surface area contributed by atoms with Gasteiger partial charge in [-0.05, 0) is 13.1 Å². The summed E-state index contributed by atoms with van der Waals surface area (Å²) in [6, 6.07) is 6.84. The highest BCUT2D eigenvalue weighted by Crippen LogP contribution is 2.37. The first-order chi connectivity index (χ1) is 7.65. The van der Waals surface area contributed by atoms with Crippen molar-refractivity contribution in [2.45, 2.75) is 12.3 Å². The summed E-state index contributed by atoms with van der Waals surface area (Å²) < 4.78 is 32.7. The number of halogens is 2. The molecule has 0 aliphatic heterocycles. The van der Waals surface area contributed by atoms with Crippen molar-refractivity contribution in [3.63, 3.8) is 0 Å². The molecule has 2 rings (SSSR count). The fourth-order valence-electron chi connectivity index (χ4n) is 1.68. The van der Waals surface area contributed by atoms with Crippen LogP contribution >= 0.6 is 0 Å². The second-order valence-corrected chi connectivity index (χ2v) is 3.70. The van der Waals surface area contributed by atoms with E-state index >= 15 is 0 Å². The van der Waals surface area contributed by atoms with Crippen LogP contribution in [0.3, 0.4) is 0 Å². The smallest absolute Gasteiger partial charge is 0.278 e. The predicted octanol–water partition coefficient (Wildman–Crippen LogP) is 3.13. The second kappa shape index (κ2) is 4.22. The van der Waals surface area contributed by atoms with Gasteiger partial charge in [0.15, 0.2) is 0 Å². The molecule has 86 valence electrons. The Bertz CT molecular complexity index is 479. The van der Waals surface area contributed by atoms with E-state index in [0.717, 1.165) is 6.26 Å². The third kappa shape index (κ3) is 1.93. The maximum atomic E-state index is 13.8. The Labute approximate surface area is 92.2 Å². The Morgan fingerprint density at radius 2 is 2.06 bits per heavy atom. The summed E-state index contributed by atoms with van der Waals surface area (Å²) in [5.74, 6) is -2.85. The van der Waals surface area contributed by atoms with E-state index in [1.807, 2.05) is 0 Å². The van der Waals surface area contributed by atoms with Gasteiger partial charge in [-0.3, -0.25) is 0 Å². The Morgan fingerprint density at radius 1 is 1.31 bits per heavy atom. The highest BCUT2D eigenvalue weighted by Gasteiger charge is 2.34. The van der Waals surface area contributed by atoms with Crippen LogP contribution in [0.15, 0.2) is 34.9 Å². The van der Waals surface area contributed by atoms with Gasteiger partial charge in [-0.1, -0.05) is 18.2 Å². The Hall–Kier alpha value is -1.42. The summed E-state index contributed by atoms with van der Waals surface area (Å²) in [5, 5.41) is 3.21. The zero-order valence-corrected chi connectivity index (χ0v) is 8.97. The summed E-state index contributed by atoms with van der Waals surface area (Å²) in [5.41, 5.74) is 0.472. The maximum Gasteiger partial charge on any atom is 0.278 e. The molecule has 0 aliphatic rings. The van der Waals surface area contributed by atoms with E-state index in [1.165, 1.54) is 0 Å². The van der Waals surface area contributed by atoms with Crippen LogP contribution in [0.4, 0.5) is 8.78 Å². The first-order valence-electron chi connectivity index (χ1n) is 5.14. The molecule has 0 saturated carbocycles. The number of alkyl halides is 2. The summed E-state index contributed by atoms with van der Waals surface area (Å²) >= 11 is 0. The molecule has 0 fully saturated rings. The Morgan fingerprint density at radius 3 is 2.81 bits per heavy atom. The average molecular weight is 225 g/mol. The van der Waals surface area contributed by atoms with Gasteiger partial charge in [-0.15, -0.1) is 0 Å². The fraction of sp³-hybridized carbons (Fsp3) is 0.333. The quantitative estimate of drug-likeness (QED) is 0.864. The lowest BCUT2D eigenvalue weighted by molar-refractivity contribution is -0.0115. The van der Waals surface area contributed by atoms with Gasteiger partial charge in [-0.25, -0.2) is 8.78 Å². The molecule has 0 amide bonds. The van der Waals surface area contributed by atoms with Gasteiger partial charge in [0.2, 0.25) is 0 Å². The molecule has 1 aromatic carbocycles. The van der Waals surface area contributed by atoms with Crippen molar-refractivity contribution in [3.05, 3.63) is 36.1 Å². The van der Waals surface area contributed by atoms with Crippen molar-refractivity contribution in [2.75, 3.05) is 13.6 Å². The number of rotatable bonds is 4. The fourth-order valence-corrected chi connectivity index (χ4v) is 1.68. The van der Waals surface area contributed by atoms with E-state index in [4.69, 9.17) is 4.42 Å². The summed E-state index contributed by atoms with van der Waals surface area (Å²) in [7, 11) is 1.66. The molecule has 0 radical (unpaired) electrons. The number of fused-ring (bicyclic) bond motifs is 1. The monoisotopic (exact) mass is 225 g/mol. The van der Waals surface area contributed by atoms with Gasteiger partial charge in [0.25, 0.3) is 5.92 Å². The molecule has 4 heteroatoms. The van der Waals surface area contributed by atoms with Gasteiger partial charge in [0, 0.05) is 18.4 Å². The molecule has 0 aliphatic carbocycles. The maximum absolute atomic E-state index is 13.8. The van der Waals surface area contributed by atoms with Gasteiger partial charge < -0.3 is 9.73 Å². The van der Waals surface area contributed by atoms with E-state index in [1.54, 1.807) is 31.3 Å². The molecule has 0 bridgehead atoms. The van der Waals surface area contributed by atoms with Crippen LogP contribution in [-0.4, -0.2) is 13.6 Å². The molecule has 2 aromatic rings. The van der Waals surface area contributed by atoms with Crippen LogP contribution in [-0.2, 0) is 5.92 Å². The zero-order chi connectivity index (χ0) is 11.6. The number of para-hydroxylation sites is 1. The first-order valence-corrected chi connectivity index (χ1v) is 5.14. The Balaban J connectivity index is 2.38. The molecule has 0 spiro atoms. The summed E-state index contributed by atoms with van der Waals surface area (Å²) in [4.78, 5) is 0. The molecular weight excluding hydrogens is 212 g/mol. The SMILES string of the molecule is CNCCC(F)(F)c1coc2ccccc12. The molecule has 16 heavy (non-hydrogen) atoms. The number of furan rings is 1. The van der Waals surface area contributed by atoms with E-state index in [-0.39, 0.29) is 18.5 Å². The van der Waals surface area contributed by atoms with Crippen LogP contribution < -0.4 is 5.32 Å². The number of benzene rings is 1. The molecule has 1 N–H and O–H groups in total. The van der Waals surface area contributed by atoms with E-state index in [0.29, 0.717) is 11.0 Å². The highest BCUT2D eigenvalue weighted by atomic mass is 19.3. The van der Waals surface area contributed by atoms with Crippen LogP contribution in [0.1, 0.15) is 12.0 Å².